The van der Waals surface area contributed by atoms with E-state index in [2.05, 4.69) is 5.32 Å². The molecule has 6 heteroatoms. The Labute approximate surface area is 152 Å². The molecule has 25 heavy (non-hydrogen) atoms. The van der Waals surface area contributed by atoms with Crippen molar-refractivity contribution in [3.05, 3.63) is 29.0 Å². The van der Waals surface area contributed by atoms with Crippen LogP contribution in [0.4, 0.5) is 10.1 Å². The van der Waals surface area contributed by atoms with Crippen LogP contribution in [0.2, 0.25) is 5.02 Å². The average Bonchev–Trinajstić information content (AvgIpc) is 2.65. The molecule has 2 amide bonds. The van der Waals surface area contributed by atoms with Gasteiger partial charge in [-0.25, -0.2) is 4.39 Å². The van der Waals surface area contributed by atoms with E-state index in [0.717, 1.165) is 25.7 Å². The van der Waals surface area contributed by atoms with Crippen LogP contribution >= 0.6 is 11.6 Å². The van der Waals surface area contributed by atoms with Gasteiger partial charge < -0.3 is 10.2 Å². The van der Waals surface area contributed by atoms with Crippen molar-refractivity contribution in [1.29, 1.82) is 0 Å². The molecule has 0 bridgehead atoms. The van der Waals surface area contributed by atoms with Gasteiger partial charge in [-0.05, 0) is 43.9 Å². The van der Waals surface area contributed by atoms with Gasteiger partial charge in [-0.1, -0.05) is 30.9 Å². The number of carbonyl (C=O) groups excluding carboxylic acids is 2. The lowest BCUT2D eigenvalue weighted by Crippen LogP contribution is -2.44. The zero-order chi connectivity index (χ0) is 17.8. The molecule has 2 fully saturated rings. The monoisotopic (exact) mass is 366 g/mol. The van der Waals surface area contributed by atoms with Crippen LogP contribution < -0.4 is 5.32 Å². The number of hydrogen-bond donors (Lipinski definition) is 1. The Morgan fingerprint density at radius 1 is 1.04 bits per heavy atom. The van der Waals surface area contributed by atoms with Gasteiger partial charge in [0, 0.05) is 30.6 Å². The fourth-order valence-electron chi connectivity index (χ4n) is 3.79. The number of nitrogens with one attached hydrogen (secondary N) is 1. The van der Waals surface area contributed by atoms with Gasteiger partial charge in [-0.3, -0.25) is 9.59 Å². The molecule has 0 atom stereocenters. The van der Waals surface area contributed by atoms with Crippen molar-refractivity contribution in [2.75, 3.05) is 18.4 Å². The van der Waals surface area contributed by atoms with Crippen LogP contribution in [0.3, 0.4) is 0 Å². The number of likely N-dealkylation sites (tertiary alicyclic amines) is 1. The van der Waals surface area contributed by atoms with Crippen molar-refractivity contribution in [2.45, 2.75) is 44.9 Å². The minimum Gasteiger partial charge on any atom is -0.342 e. The normalized spacial score (nSPS) is 19.7. The fourth-order valence-corrected chi connectivity index (χ4v) is 3.97. The van der Waals surface area contributed by atoms with Gasteiger partial charge in [-0.15, -0.1) is 0 Å². The number of anilines is 1. The summed E-state index contributed by atoms with van der Waals surface area (Å²) in [6.45, 7) is 1.27. The summed E-state index contributed by atoms with van der Waals surface area (Å²) < 4.78 is 13.2. The predicted molar refractivity (Wildman–Crippen MR) is 95.9 cm³/mol. The number of rotatable bonds is 3. The first-order valence-corrected chi connectivity index (χ1v) is 9.47. The van der Waals surface area contributed by atoms with Crippen LogP contribution in [0.5, 0.6) is 0 Å². The second kappa shape index (κ2) is 8.17. The van der Waals surface area contributed by atoms with E-state index in [1.54, 1.807) is 0 Å². The van der Waals surface area contributed by atoms with Crippen molar-refractivity contribution in [1.82, 2.24) is 4.90 Å². The number of halogens is 2. The lowest BCUT2D eigenvalue weighted by Gasteiger charge is -2.34. The Balaban J connectivity index is 1.50. The maximum Gasteiger partial charge on any atom is 0.227 e. The summed E-state index contributed by atoms with van der Waals surface area (Å²) in [6, 6.07) is 4.15. The van der Waals surface area contributed by atoms with Crippen molar-refractivity contribution in [2.24, 2.45) is 11.8 Å². The molecule has 0 radical (unpaired) electrons. The summed E-state index contributed by atoms with van der Waals surface area (Å²) in [4.78, 5) is 26.9. The highest BCUT2D eigenvalue weighted by molar-refractivity contribution is 6.31. The molecule has 0 spiro atoms. The number of nitrogens with zero attached hydrogens (tertiary/aromatic N) is 1. The van der Waals surface area contributed by atoms with Crippen molar-refractivity contribution in [3.63, 3.8) is 0 Å². The van der Waals surface area contributed by atoms with Gasteiger partial charge in [0.2, 0.25) is 11.8 Å². The first-order valence-electron chi connectivity index (χ1n) is 9.09. The van der Waals surface area contributed by atoms with Crippen molar-refractivity contribution < 1.29 is 14.0 Å². The summed E-state index contributed by atoms with van der Waals surface area (Å²) in [6.07, 6.45) is 6.87. The summed E-state index contributed by atoms with van der Waals surface area (Å²) in [5.74, 6) is -0.273. The summed E-state index contributed by atoms with van der Waals surface area (Å²) >= 11 is 5.74. The van der Waals surface area contributed by atoms with Crippen LogP contribution in [0, 0.1) is 17.7 Å². The molecule has 0 unspecified atom stereocenters. The Morgan fingerprint density at radius 3 is 2.36 bits per heavy atom. The molecule has 1 saturated heterocycles. The summed E-state index contributed by atoms with van der Waals surface area (Å²) in [5.41, 5.74) is 0.497. The smallest absolute Gasteiger partial charge is 0.227 e. The van der Waals surface area contributed by atoms with Gasteiger partial charge in [-0.2, -0.15) is 0 Å². The molecule has 4 nitrogen and oxygen atoms in total. The fraction of sp³-hybridized carbons (Fsp3) is 0.579. The Morgan fingerprint density at radius 2 is 1.72 bits per heavy atom. The van der Waals surface area contributed by atoms with E-state index in [4.69, 9.17) is 11.6 Å². The number of benzene rings is 1. The van der Waals surface area contributed by atoms with E-state index < -0.39 is 5.82 Å². The largest absolute Gasteiger partial charge is 0.342 e. The highest BCUT2D eigenvalue weighted by Gasteiger charge is 2.31. The molecular formula is C19H24ClFN2O2. The minimum absolute atomic E-state index is 0.00861. The standard InChI is InChI=1S/C19H24ClFN2O2/c20-16-12-15(6-7-17(16)21)22-18(24)13-8-10-23(11-9-13)19(25)14-4-2-1-3-5-14/h6-7,12-14H,1-5,8-11H2,(H,22,24). The quantitative estimate of drug-likeness (QED) is 0.869. The Kier molecular flexibility index (Phi) is 5.94. The Bertz CT molecular complexity index is 638. The molecule has 1 aliphatic carbocycles. The van der Waals surface area contributed by atoms with Crippen molar-refractivity contribution >= 4 is 29.1 Å². The number of hydrogen-bond acceptors (Lipinski definition) is 2. The van der Waals surface area contributed by atoms with Crippen LogP contribution in [-0.4, -0.2) is 29.8 Å². The van der Waals surface area contributed by atoms with Gasteiger partial charge in [0.15, 0.2) is 0 Å². The molecule has 1 saturated carbocycles. The van der Waals surface area contributed by atoms with E-state index in [0.29, 0.717) is 31.6 Å². The van der Waals surface area contributed by atoms with Crippen LogP contribution in [-0.2, 0) is 9.59 Å². The molecule has 1 N–H and O–H groups in total. The second-order valence-electron chi connectivity index (χ2n) is 7.05. The number of amides is 2. The third kappa shape index (κ3) is 4.51. The number of carbonyl (C=O) groups is 2. The third-order valence-electron chi connectivity index (χ3n) is 5.32. The average molecular weight is 367 g/mol. The van der Waals surface area contributed by atoms with E-state index >= 15 is 0 Å². The number of piperidine rings is 1. The van der Waals surface area contributed by atoms with Gasteiger partial charge in [0.05, 0.1) is 5.02 Å². The first-order chi connectivity index (χ1) is 12.0. The lowest BCUT2D eigenvalue weighted by molar-refractivity contribution is -0.139. The minimum atomic E-state index is -0.505. The van der Waals surface area contributed by atoms with E-state index in [1.165, 1.54) is 24.6 Å². The third-order valence-corrected chi connectivity index (χ3v) is 5.61. The van der Waals surface area contributed by atoms with Crippen LogP contribution in [0.1, 0.15) is 44.9 Å². The van der Waals surface area contributed by atoms with Crippen LogP contribution in [0.25, 0.3) is 0 Å². The maximum atomic E-state index is 13.2. The predicted octanol–water partition coefficient (Wildman–Crippen LogP) is 4.24. The Hall–Kier alpha value is -1.62. The molecule has 136 valence electrons. The second-order valence-corrected chi connectivity index (χ2v) is 7.46. The first kappa shape index (κ1) is 18.2. The van der Waals surface area contributed by atoms with E-state index in [9.17, 15) is 14.0 Å². The van der Waals surface area contributed by atoms with E-state index in [1.807, 2.05) is 4.90 Å². The molecule has 2 aliphatic rings. The SMILES string of the molecule is O=C(Nc1ccc(F)c(Cl)c1)C1CCN(C(=O)C2CCCCC2)CC1. The molecule has 3 rings (SSSR count). The highest BCUT2D eigenvalue weighted by atomic mass is 35.5. The molecule has 1 heterocycles. The van der Waals surface area contributed by atoms with Gasteiger partial charge in [0.25, 0.3) is 0 Å². The highest BCUT2D eigenvalue weighted by Crippen LogP contribution is 2.28. The zero-order valence-corrected chi connectivity index (χ0v) is 15.0. The summed E-state index contributed by atoms with van der Waals surface area (Å²) in [5, 5.41) is 2.79. The maximum absolute atomic E-state index is 13.2. The van der Waals surface area contributed by atoms with Crippen LogP contribution in [0.15, 0.2) is 18.2 Å². The molecule has 1 aromatic carbocycles. The summed E-state index contributed by atoms with van der Waals surface area (Å²) in [7, 11) is 0. The molecule has 1 aliphatic heterocycles. The van der Waals surface area contributed by atoms with Gasteiger partial charge in [0.1, 0.15) is 5.82 Å². The lowest BCUT2D eigenvalue weighted by atomic mass is 9.87. The molecule has 1 aromatic rings. The zero-order valence-electron chi connectivity index (χ0n) is 14.3. The van der Waals surface area contributed by atoms with E-state index in [-0.39, 0.29) is 28.7 Å². The molecule has 0 aromatic heterocycles. The molecular weight excluding hydrogens is 343 g/mol. The van der Waals surface area contributed by atoms with Crippen molar-refractivity contribution in [3.8, 4) is 0 Å². The topological polar surface area (TPSA) is 49.4 Å². The van der Waals surface area contributed by atoms with Gasteiger partial charge >= 0.3 is 0 Å².